The van der Waals surface area contributed by atoms with Gasteiger partial charge in [0.15, 0.2) is 5.69 Å². The number of hydrogen-bond donors (Lipinski definition) is 2. The maximum absolute atomic E-state index is 13.3. The first kappa shape index (κ1) is 21.4. The lowest BCUT2D eigenvalue weighted by Crippen LogP contribution is -2.15. The second-order valence-electron chi connectivity index (χ2n) is 6.92. The lowest BCUT2D eigenvalue weighted by atomic mass is 10.1. The van der Waals surface area contributed by atoms with Crippen molar-refractivity contribution in [2.75, 3.05) is 10.6 Å². The predicted molar refractivity (Wildman–Crippen MR) is 119 cm³/mol. The summed E-state index contributed by atoms with van der Waals surface area (Å²) in [5.74, 6) is -1.43. The fourth-order valence-corrected chi connectivity index (χ4v) is 3.02. The number of anilines is 2. The Morgan fingerprint density at radius 3 is 2.24 bits per heavy atom. The first-order valence-electron chi connectivity index (χ1n) is 9.68. The fourth-order valence-electron chi connectivity index (χ4n) is 3.02. The number of carbonyl (C=O) groups is 2. The van der Waals surface area contributed by atoms with E-state index < -0.39 is 22.6 Å². The molecule has 0 saturated heterocycles. The number of rotatable bonds is 6. The van der Waals surface area contributed by atoms with Crippen LogP contribution in [0.4, 0.5) is 21.5 Å². The normalized spacial score (nSPS) is 10.5. The van der Waals surface area contributed by atoms with Gasteiger partial charge in [-0.25, -0.2) is 9.07 Å². The number of benzene rings is 3. The van der Waals surface area contributed by atoms with Crippen molar-refractivity contribution in [1.29, 1.82) is 0 Å². The monoisotopic (exact) mass is 445 g/mol. The van der Waals surface area contributed by atoms with Crippen molar-refractivity contribution in [2.45, 2.75) is 0 Å². The summed E-state index contributed by atoms with van der Waals surface area (Å²) in [6, 6.07) is 19.0. The van der Waals surface area contributed by atoms with Gasteiger partial charge < -0.3 is 10.6 Å². The first-order valence-corrected chi connectivity index (χ1v) is 9.68. The van der Waals surface area contributed by atoms with E-state index in [1.54, 1.807) is 30.5 Å². The van der Waals surface area contributed by atoms with Gasteiger partial charge in [0.05, 0.1) is 10.6 Å². The highest BCUT2D eigenvalue weighted by molar-refractivity contribution is 6.06. The van der Waals surface area contributed by atoms with Crippen molar-refractivity contribution < 1.29 is 18.9 Å². The summed E-state index contributed by atoms with van der Waals surface area (Å²) in [7, 11) is 0. The van der Waals surface area contributed by atoms with Gasteiger partial charge in [-0.15, -0.1) is 0 Å². The summed E-state index contributed by atoms with van der Waals surface area (Å²) >= 11 is 0. The molecular formula is C23H16FN5O4. The van der Waals surface area contributed by atoms with E-state index in [4.69, 9.17) is 0 Å². The van der Waals surface area contributed by atoms with E-state index in [0.29, 0.717) is 17.1 Å². The van der Waals surface area contributed by atoms with Crippen LogP contribution in [0.2, 0.25) is 0 Å². The number of nitro benzene ring substituents is 1. The third-order valence-corrected chi connectivity index (χ3v) is 4.61. The fraction of sp³-hybridized carbons (Fsp3) is 0. The standard InChI is InChI=1S/C23H16FN5O4/c24-16-4-2-6-18(14-16)25-22(30)15-3-1-5-17(13-15)26-23(31)21-11-12-28(27-21)19-7-9-20(10-8-19)29(32)33/h1-14H,(H,25,30)(H,26,31). The highest BCUT2D eigenvalue weighted by Gasteiger charge is 2.13. The number of halogens is 1. The molecule has 0 bridgehead atoms. The van der Waals surface area contributed by atoms with Gasteiger partial charge in [0.1, 0.15) is 5.82 Å². The number of aromatic nitrogens is 2. The number of nitro groups is 1. The summed E-state index contributed by atoms with van der Waals surface area (Å²) in [4.78, 5) is 35.3. The molecule has 33 heavy (non-hydrogen) atoms. The predicted octanol–water partition coefficient (Wildman–Crippen LogP) is 4.42. The van der Waals surface area contributed by atoms with Crippen molar-refractivity contribution in [1.82, 2.24) is 9.78 Å². The molecule has 0 unspecified atom stereocenters. The molecule has 0 aliphatic heterocycles. The van der Waals surface area contributed by atoms with Crippen LogP contribution in [-0.2, 0) is 0 Å². The molecule has 9 nitrogen and oxygen atoms in total. The third kappa shape index (κ3) is 5.07. The molecule has 0 radical (unpaired) electrons. The summed E-state index contributed by atoms with van der Waals surface area (Å²) < 4.78 is 14.7. The zero-order chi connectivity index (χ0) is 23.4. The van der Waals surface area contributed by atoms with E-state index in [0.717, 1.165) is 0 Å². The molecule has 0 fully saturated rings. The molecule has 1 heterocycles. The van der Waals surface area contributed by atoms with Crippen molar-refractivity contribution in [3.8, 4) is 5.69 Å². The van der Waals surface area contributed by atoms with Crippen LogP contribution < -0.4 is 10.6 Å². The lowest BCUT2D eigenvalue weighted by molar-refractivity contribution is -0.384. The number of non-ortho nitro benzene ring substituents is 1. The largest absolute Gasteiger partial charge is 0.322 e. The van der Waals surface area contributed by atoms with E-state index >= 15 is 0 Å². The zero-order valence-corrected chi connectivity index (χ0v) is 16.9. The Hall–Kier alpha value is -4.86. The molecule has 0 saturated carbocycles. The minimum Gasteiger partial charge on any atom is -0.322 e. The number of nitrogens with zero attached hydrogens (tertiary/aromatic N) is 3. The third-order valence-electron chi connectivity index (χ3n) is 4.61. The van der Waals surface area contributed by atoms with Crippen molar-refractivity contribution in [3.05, 3.63) is 112 Å². The second-order valence-corrected chi connectivity index (χ2v) is 6.92. The zero-order valence-electron chi connectivity index (χ0n) is 16.9. The Morgan fingerprint density at radius 2 is 1.55 bits per heavy atom. The minimum absolute atomic E-state index is 0.0507. The number of hydrogen-bond acceptors (Lipinski definition) is 5. The second kappa shape index (κ2) is 9.10. The molecule has 1 aromatic heterocycles. The van der Waals surface area contributed by atoms with E-state index in [9.17, 15) is 24.1 Å². The average Bonchev–Trinajstić information content (AvgIpc) is 3.30. The van der Waals surface area contributed by atoms with Crippen LogP contribution in [0.5, 0.6) is 0 Å². The van der Waals surface area contributed by atoms with Crippen LogP contribution in [0.15, 0.2) is 85.1 Å². The summed E-state index contributed by atoms with van der Waals surface area (Å²) in [6.07, 6.45) is 1.55. The van der Waals surface area contributed by atoms with Crippen LogP contribution in [0.3, 0.4) is 0 Å². The Kier molecular flexibility index (Phi) is 5.90. The van der Waals surface area contributed by atoms with Crippen LogP contribution in [-0.4, -0.2) is 26.5 Å². The van der Waals surface area contributed by atoms with Crippen LogP contribution in [0.25, 0.3) is 5.69 Å². The maximum atomic E-state index is 13.3. The molecule has 10 heteroatoms. The van der Waals surface area contributed by atoms with E-state index in [1.165, 1.54) is 59.3 Å². The summed E-state index contributed by atoms with van der Waals surface area (Å²) in [5, 5.41) is 20.2. The molecule has 0 aliphatic rings. The quantitative estimate of drug-likeness (QED) is 0.336. The average molecular weight is 445 g/mol. The van der Waals surface area contributed by atoms with Gasteiger partial charge in [0, 0.05) is 35.3 Å². The van der Waals surface area contributed by atoms with Crippen LogP contribution >= 0.6 is 0 Å². The first-order chi connectivity index (χ1) is 15.9. The molecule has 4 rings (SSSR count). The molecule has 164 valence electrons. The molecule has 0 atom stereocenters. The van der Waals surface area contributed by atoms with Crippen LogP contribution in [0.1, 0.15) is 20.8 Å². The van der Waals surface area contributed by atoms with Crippen LogP contribution in [0, 0.1) is 15.9 Å². The maximum Gasteiger partial charge on any atom is 0.276 e. The smallest absolute Gasteiger partial charge is 0.276 e. The van der Waals surface area contributed by atoms with Gasteiger partial charge in [0.25, 0.3) is 17.5 Å². The Labute approximate surface area is 186 Å². The molecule has 4 aromatic rings. The number of carbonyl (C=O) groups excluding carboxylic acids is 2. The molecule has 0 aliphatic carbocycles. The van der Waals surface area contributed by atoms with Gasteiger partial charge >= 0.3 is 0 Å². The molecular weight excluding hydrogens is 429 g/mol. The van der Waals surface area contributed by atoms with E-state index in [2.05, 4.69) is 15.7 Å². The van der Waals surface area contributed by atoms with E-state index in [1.807, 2.05) is 0 Å². The van der Waals surface area contributed by atoms with Gasteiger partial charge in [-0.05, 0) is 54.6 Å². The van der Waals surface area contributed by atoms with Crippen molar-refractivity contribution >= 4 is 28.9 Å². The Morgan fingerprint density at radius 1 is 0.879 bits per heavy atom. The SMILES string of the molecule is O=C(Nc1cccc(F)c1)c1cccc(NC(=O)c2ccn(-c3ccc([N+](=O)[O-])cc3)n2)c1. The van der Waals surface area contributed by atoms with E-state index in [-0.39, 0.29) is 16.9 Å². The summed E-state index contributed by atoms with van der Waals surface area (Å²) in [5.41, 5.74) is 1.57. The molecule has 2 amide bonds. The molecule has 3 aromatic carbocycles. The lowest BCUT2D eigenvalue weighted by Gasteiger charge is -2.08. The number of nitrogens with one attached hydrogen (secondary N) is 2. The van der Waals surface area contributed by atoms with Gasteiger partial charge in [-0.1, -0.05) is 12.1 Å². The Bertz CT molecular complexity index is 1350. The van der Waals surface area contributed by atoms with Gasteiger partial charge in [-0.2, -0.15) is 5.10 Å². The molecule has 2 N–H and O–H groups in total. The topological polar surface area (TPSA) is 119 Å². The van der Waals surface area contributed by atoms with Gasteiger partial charge in [-0.3, -0.25) is 19.7 Å². The highest BCUT2D eigenvalue weighted by atomic mass is 19.1. The van der Waals surface area contributed by atoms with Crippen molar-refractivity contribution in [3.63, 3.8) is 0 Å². The van der Waals surface area contributed by atoms with Crippen molar-refractivity contribution in [2.24, 2.45) is 0 Å². The minimum atomic E-state index is -0.502. The summed E-state index contributed by atoms with van der Waals surface area (Å²) in [6.45, 7) is 0. The highest BCUT2D eigenvalue weighted by Crippen LogP contribution is 2.17. The van der Waals surface area contributed by atoms with Gasteiger partial charge in [0.2, 0.25) is 0 Å². The number of amides is 2. The molecule has 0 spiro atoms. The Balaban J connectivity index is 1.45.